The van der Waals surface area contributed by atoms with Crippen molar-refractivity contribution in [1.82, 2.24) is 5.43 Å². The van der Waals surface area contributed by atoms with Crippen molar-refractivity contribution in [2.45, 2.75) is 18.4 Å². The Morgan fingerprint density at radius 1 is 0.900 bits per heavy atom. The Bertz CT molecular complexity index is 1570. The minimum absolute atomic E-state index is 0.0317. The number of amides is 1. The number of carbonyl (C=O) groups is 1. The summed E-state index contributed by atoms with van der Waals surface area (Å²) in [5.74, 6) is 0.462. The van der Waals surface area contributed by atoms with Crippen molar-refractivity contribution < 1.29 is 22.7 Å². The minimum Gasteiger partial charge on any atom is -0.490 e. The molecule has 0 saturated heterocycles. The van der Waals surface area contributed by atoms with E-state index in [9.17, 15) is 13.2 Å². The van der Waals surface area contributed by atoms with Gasteiger partial charge in [-0.2, -0.15) is 5.10 Å². The van der Waals surface area contributed by atoms with E-state index in [-0.39, 0.29) is 15.6 Å². The van der Waals surface area contributed by atoms with Crippen LogP contribution in [0.1, 0.15) is 18.1 Å². The first kappa shape index (κ1) is 28.7. The average molecular weight is 578 g/mol. The summed E-state index contributed by atoms with van der Waals surface area (Å²) in [6.45, 7) is 2.16. The molecule has 1 N–H and O–H groups in total. The van der Waals surface area contributed by atoms with Crippen LogP contribution >= 0.6 is 11.6 Å². The van der Waals surface area contributed by atoms with E-state index in [0.29, 0.717) is 30.3 Å². The zero-order valence-corrected chi connectivity index (χ0v) is 23.3. The molecule has 4 aromatic rings. The lowest BCUT2D eigenvalue weighted by molar-refractivity contribution is -0.119. The molecule has 0 saturated carbocycles. The lowest BCUT2D eigenvalue weighted by atomic mass is 10.2. The highest BCUT2D eigenvalue weighted by atomic mass is 35.5. The summed E-state index contributed by atoms with van der Waals surface area (Å²) in [7, 11) is -4.09. The molecule has 0 fully saturated rings. The van der Waals surface area contributed by atoms with Gasteiger partial charge in [0.1, 0.15) is 13.2 Å². The van der Waals surface area contributed by atoms with Crippen LogP contribution in [0.5, 0.6) is 11.5 Å². The maximum atomic E-state index is 13.4. The number of hydrogen-bond donors (Lipinski definition) is 1. The van der Waals surface area contributed by atoms with Gasteiger partial charge in [0.2, 0.25) is 0 Å². The lowest BCUT2D eigenvalue weighted by Gasteiger charge is -2.24. The van der Waals surface area contributed by atoms with Crippen LogP contribution in [0.25, 0.3) is 0 Å². The van der Waals surface area contributed by atoms with Gasteiger partial charge < -0.3 is 9.47 Å². The molecule has 0 unspecified atom stereocenters. The molecule has 4 rings (SSSR count). The zero-order valence-electron chi connectivity index (χ0n) is 21.7. The van der Waals surface area contributed by atoms with Gasteiger partial charge in [-0.1, -0.05) is 72.3 Å². The first-order valence-corrected chi connectivity index (χ1v) is 14.3. The van der Waals surface area contributed by atoms with Gasteiger partial charge in [0.25, 0.3) is 15.9 Å². The molecule has 0 radical (unpaired) electrons. The third-order valence-corrected chi connectivity index (χ3v) is 7.74. The third-order valence-electron chi connectivity index (χ3n) is 5.65. The maximum absolute atomic E-state index is 13.4. The summed E-state index contributed by atoms with van der Waals surface area (Å²) >= 11 is 6.30. The largest absolute Gasteiger partial charge is 0.490 e. The molecule has 40 heavy (non-hydrogen) atoms. The number of ether oxygens (including phenoxy) is 2. The molecule has 10 heteroatoms. The van der Waals surface area contributed by atoms with Crippen molar-refractivity contribution in [1.29, 1.82) is 0 Å². The van der Waals surface area contributed by atoms with Crippen molar-refractivity contribution in [3.8, 4) is 11.5 Å². The number of benzene rings is 4. The number of nitrogens with zero attached hydrogens (tertiary/aromatic N) is 2. The van der Waals surface area contributed by atoms with Crippen molar-refractivity contribution in [2.24, 2.45) is 5.10 Å². The molecular weight excluding hydrogens is 550 g/mol. The first-order chi connectivity index (χ1) is 19.4. The van der Waals surface area contributed by atoms with Crippen LogP contribution in [0.4, 0.5) is 5.69 Å². The van der Waals surface area contributed by atoms with Gasteiger partial charge in [-0.05, 0) is 60.5 Å². The average Bonchev–Trinajstić information content (AvgIpc) is 2.97. The van der Waals surface area contributed by atoms with E-state index >= 15 is 0 Å². The summed E-state index contributed by atoms with van der Waals surface area (Å²) in [5.41, 5.74) is 4.25. The number of halogens is 1. The quantitative estimate of drug-likeness (QED) is 0.173. The molecule has 0 bridgehead atoms. The number of anilines is 1. The summed E-state index contributed by atoms with van der Waals surface area (Å²) in [6, 6.07) is 29.3. The highest BCUT2D eigenvalue weighted by Crippen LogP contribution is 2.30. The number of nitrogens with one attached hydrogen (secondary N) is 1. The summed E-state index contributed by atoms with van der Waals surface area (Å²) in [4.78, 5) is 12.9. The molecule has 0 aliphatic rings. The van der Waals surface area contributed by atoms with E-state index in [1.807, 2.05) is 37.3 Å². The minimum atomic E-state index is -4.09. The highest BCUT2D eigenvalue weighted by Gasteiger charge is 2.28. The molecule has 0 atom stereocenters. The third kappa shape index (κ3) is 7.40. The Hall–Kier alpha value is -4.34. The van der Waals surface area contributed by atoms with E-state index in [1.54, 1.807) is 54.6 Å². The molecule has 206 valence electrons. The normalized spacial score (nSPS) is 11.2. The van der Waals surface area contributed by atoms with Crippen molar-refractivity contribution >= 4 is 39.4 Å². The molecule has 8 nitrogen and oxygen atoms in total. The molecule has 4 aromatic carbocycles. The second kappa shape index (κ2) is 13.6. The molecule has 1 amide bonds. The number of hydrogen-bond acceptors (Lipinski definition) is 6. The fourth-order valence-electron chi connectivity index (χ4n) is 3.75. The number of para-hydroxylation sites is 1. The van der Waals surface area contributed by atoms with Crippen molar-refractivity contribution in [2.75, 3.05) is 17.5 Å². The predicted molar refractivity (Wildman–Crippen MR) is 157 cm³/mol. The Labute approximate surface area is 238 Å². The van der Waals surface area contributed by atoms with E-state index in [2.05, 4.69) is 10.5 Å². The van der Waals surface area contributed by atoms with Gasteiger partial charge in [0.05, 0.1) is 28.4 Å². The van der Waals surface area contributed by atoms with E-state index in [1.165, 1.54) is 24.4 Å². The van der Waals surface area contributed by atoms with Gasteiger partial charge in [-0.3, -0.25) is 9.10 Å². The summed E-state index contributed by atoms with van der Waals surface area (Å²) in [5, 5.41) is 4.21. The summed E-state index contributed by atoms with van der Waals surface area (Å²) < 4.78 is 39.4. The number of sulfonamides is 1. The molecule has 0 aliphatic carbocycles. The Morgan fingerprint density at radius 2 is 1.57 bits per heavy atom. The van der Waals surface area contributed by atoms with Crippen molar-refractivity contribution in [3.63, 3.8) is 0 Å². The first-order valence-electron chi connectivity index (χ1n) is 12.5. The van der Waals surface area contributed by atoms with Gasteiger partial charge in [-0.15, -0.1) is 0 Å². The predicted octanol–water partition coefficient (Wildman–Crippen LogP) is 5.66. The van der Waals surface area contributed by atoms with Crippen LogP contribution in [0.2, 0.25) is 5.02 Å². The fourth-order valence-corrected chi connectivity index (χ4v) is 5.49. The van der Waals surface area contributed by atoms with Gasteiger partial charge in [0.15, 0.2) is 11.5 Å². The molecule has 0 spiro atoms. The fraction of sp³-hybridized carbons (Fsp3) is 0.133. The van der Waals surface area contributed by atoms with E-state index in [4.69, 9.17) is 21.1 Å². The van der Waals surface area contributed by atoms with Crippen LogP contribution in [0.3, 0.4) is 0 Å². The standard InChI is InChI=1S/C30H28ClN3O5S/c1-2-38-29-19-24(17-18-28(29)39-22-23-11-5-3-6-12-23)20-32-33-30(35)21-34(27-16-10-9-15-26(27)31)40(36,37)25-13-7-4-8-14-25/h3-20H,2,21-22H2,1H3,(H,33,35)/b32-20-. The van der Waals surface area contributed by atoms with E-state index < -0.39 is 22.5 Å². The second-order valence-corrected chi connectivity index (χ2v) is 10.8. The zero-order chi connectivity index (χ0) is 28.4. The Morgan fingerprint density at radius 3 is 2.27 bits per heavy atom. The SMILES string of the molecule is CCOc1cc(/C=N\NC(=O)CN(c2ccccc2Cl)S(=O)(=O)c2ccccc2)ccc1OCc1ccccc1. The van der Waals surface area contributed by atoms with Gasteiger partial charge in [-0.25, -0.2) is 13.8 Å². The smallest absolute Gasteiger partial charge is 0.264 e. The summed E-state index contributed by atoms with van der Waals surface area (Å²) in [6.07, 6.45) is 1.44. The Kier molecular flexibility index (Phi) is 9.77. The Balaban J connectivity index is 1.47. The van der Waals surface area contributed by atoms with Crippen LogP contribution in [-0.4, -0.2) is 33.7 Å². The van der Waals surface area contributed by atoms with Crippen LogP contribution in [-0.2, 0) is 21.4 Å². The number of hydrazone groups is 1. The molecule has 0 aromatic heterocycles. The lowest BCUT2D eigenvalue weighted by Crippen LogP contribution is -2.39. The topological polar surface area (TPSA) is 97.3 Å². The second-order valence-electron chi connectivity index (χ2n) is 8.48. The molecule has 0 aliphatic heterocycles. The van der Waals surface area contributed by atoms with Crippen LogP contribution in [0.15, 0.2) is 113 Å². The van der Waals surface area contributed by atoms with Crippen LogP contribution < -0.4 is 19.2 Å². The molecular formula is C30H28ClN3O5S. The van der Waals surface area contributed by atoms with Gasteiger partial charge >= 0.3 is 0 Å². The van der Waals surface area contributed by atoms with E-state index in [0.717, 1.165) is 9.87 Å². The maximum Gasteiger partial charge on any atom is 0.264 e. The number of carbonyl (C=O) groups excluding carboxylic acids is 1. The monoisotopic (exact) mass is 577 g/mol. The number of rotatable bonds is 12. The van der Waals surface area contributed by atoms with Gasteiger partial charge in [0, 0.05) is 0 Å². The highest BCUT2D eigenvalue weighted by molar-refractivity contribution is 7.92. The van der Waals surface area contributed by atoms with Crippen molar-refractivity contribution in [3.05, 3.63) is 119 Å². The van der Waals surface area contributed by atoms with Crippen LogP contribution in [0, 0.1) is 0 Å². The molecule has 0 heterocycles.